The van der Waals surface area contributed by atoms with Crippen molar-refractivity contribution in [2.75, 3.05) is 6.54 Å². The molecule has 1 aliphatic carbocycles. The Bertz CT molecular complexity index is 466. The van der Waals surface area contributed by atoms with Crippen LogP contribution in [0.2, 0.25) is 0 Å². The molecule has 8 heteroatoms. The highest BCUT2D eigenvalue weighted by molar-refractivity contribution is 5.75. The summed E-state index contributed by atoms with van der Waals surface area (Å²) in [6.45, 7) is -0.175. The van der Waals surface area contributed by atoms with Gasteiger partial charge < -0.3 is 10.4 Å². The average molecular weight is 277 g/mol. The number of aromatic nitrogens is 2. The van der Waals surface area contributed by atoms with Gasteiger partial charge in [0.2, 0.25) is 5.91 Å². The van der Waals surface area contributed by atoms with E-state index in [0.29, 0.717) is 12.8 Å². The largest absolute Gasteiger partial charge is 0.435 e. The number of nitrogens with one attached hydrogen (secondary N) is 1. The van der Waals surface area contributed by atoms with Crippen LogP contribution >= 0.6 is 0 Å². The van der Waals surface area contributed by atoms with Crippen molar-refractivity contribution in [1.82, 2.24) is 15.1 Å². The highest BCUT2D eigenvalue weighted by atomic mass is 19.4. The molecule has 1 aromatic heterocycles. The minimum absolute atomic E-state index is 0.124. The normalized spacial score (nSPS) is 17.9. The first-order valence-corrected chi connectivity index (χ1v) is 5.88. The SMILES string of the molecule is O=C(Cn1ccc(C(F)(F)F)n1)NCC1(O)CCC1. The zero-order chi connectivity index (χ0) is 14.1. The number of carbonyl (C=O) groups excluding carboxylic acids is 1. The summed E-state index contributed by atoms with van der Waals surface area (Å²) in [4.78, 5) is 11.5. The van der Waals surface area contributed by atoms with Crippen LogP contribution in [0.25, 0.3) is 0 Å². The van der Waals surface area contributed by atoms with Gasteiger partial charge >= 0.3 is 6.18 Å². The maximum atomic E-state index is 12.3. The number of hydrogen-bond acceptors (Lipinski definition) is 3. The first-order chi connectivity index (χ1) is 8.78. The molecule has 19 heavy (non-hydrogen) atoms. The first-order valence-electron chi connectivity index (χ1n) is 5.88. The predicted octanol–water partition coefficient (Wildman–Crippen LogP) is 0.933. The minimum atomic E-state index is -4.51. The van der Waals surface area contributed by atoms with Crippen molar-refractivity contribution < 1.29 is 23.1 Å². The Balaban J connectivity index is 1.83. The third-order valence-corrected chi connectivity index (χ3v) is 3.14. The number of hydrogen-bond donors (Lipinski definition) is 2. The fourth-order valence-corrected chi connectivity index (χ4v) is 1.83. The van der Waals surface area contributed by atoms with Crippen LogP contribution in [0.5, 0.6) is 0 Å². The molecule has 0 spiro atoms. The van der Waals surface area contributed by atoms with Gasteiger partial charge in [0.05, 0.1) is 5.60 Å². The lowest BCUT2D eigenvalue weighted by Gasteiger charge is -2.36. The molecular formula is C11H14F3N3O2. The van der Waals surface area contributed by atoms with E-state index in [0.717, 1.165) is 23.4 Å². The number of rotatable bonds is 4. The number of nitrogens with zero attached hydrogens (tertiary/aromatic N) is 2. The molecule has 0 radical (unpaired) electrons. The van der Waals surface area contributed by atoms with Gasteiger partial charge in [0, 0.05) is 12.7 Å². The highest BCUT2D eigenvalue weighted by Crippen LogP contribution is 2.30. The van der Waals surface area contributed by atoms with E-state index in [4.69, 9.17) is 0 Å². The van der Waals surface area contributed by atoms with Crippen molar-refractivity contribution in [3.8, 4) is 0 Å². The summed E-state index contributed by atoms with van der Waals surface area (Å²) < 4.78 is 37.8. The molecule has 1 saturated carbocycles. The summed E-state index contributed by atoms with van der Waals surface area (Å²) in [5.41, 5.74) is -1.88. The molecule has 0 atom stereocenters. The number of halogens is 3. The van der Waals surface area contributed by atoms with E-state index in [2.05, 4.69) is 10.4 Å². The van der Waals surface area contributed by atoms with Gasteiger partial charge in [-0.25, -0.2) is 0 Å². The van der Waals surface area contributed by atoms with Crippen molar-refractivity contribution in [3.05, 3.63) is 18.0 Å². The topological polar surface area (TPSA) is 67.2 Å². The van der Waals surface area contributed by atoms with Crippen LogP contribution in [0.1, 0.15) is 25.0 Å². The first kappa shape index (κ1) is 13.9. The lowest BCUT2D eigenvalue weighted by Crippen LogP contribution is -2.48. The van der Waals surface area contributed by atoms with Gasteiger partial charge in [0.25, 0.3) is 0 Å². The summed E-state index contributed by atoms with van der Waals surface area (Å²) in [6.07, 6.45) is -1.23. The molecule has 1 amide bonds. The summed E-state index contributed by atoms with van der Waals surface area (Å²) in [5.74, 6) is -0.475. The fourth-order valence-electron chi connectivity index (χ4n) is 1.83. The standard InChI is InChI=1S/C11H14F3N3O2/c12-11(13,14)8-2-5-17(16-8)6-9(18)15-7-10(19)3-1-4-10/h2,5,19H,1,3-4,6-7H2,(H,15,18). The zero-order valence-corrected chi connectivity index (χ0v) is 10.1. The van der Waals surface area contributed by atoms with Crippen LogP contribution in [-0.4, -0.2) is 32.9 Å². The van der Waals surface area contributed by atoms with Gasteiger partial charge in [0.1, 0.15) is 6.54 Å². The van der Waals surface area contributed by atoms with Gasteiger partial charge in [-0.3, -0.25) is 9.48 Å². The average Bonchev–Trinajstić information content (AvgIpc) is 2.72. The van der Waals surface area contributed by atoms with Gasteiger partial charge in [0.15, 0.2) is 5.69 Å². The Labute approximate surface area is 107 Å². The van der Waals surface area contributed by atoms with E-state index >= 15 is 0 Å². The molecule has 0 saturated heterocycles. The summed E-state index contributed by atoms with van der Waals surface area (Å²) in [5, 5.41) is 15.5. The van der Waals surface area contributed by atoms with Gasteiger partial charge in [-0.15, -0.1) is 0 Å². The van der Waals surface area contributed by atoms with Crippen molar-refractivity contribution in [3.63, 3.8) is 0 Å². The molecule has 5 nitrogen and oxygen atoms in total. The van der Waals surface area contributed by atoms with Gasteiger partial charge in [-0.2, -0.15) is 18.3 Å². The second-order valence-electron chi connectivity index (χ2n) is 4.75. The minimum Gasteiger partial charge on any atom is -0.388 e. The molecule has 1 heterocycles. The lowest BCUT2D eigenvalue weighted by atomic mass is 9.80. The Morgan fingerprint density at radius 1 is 1.53 bits per heavy atom. The molecule has 0 bridgehead atoms. The lowest BCUT2D eigenvalue weighted by molar-refractivity contribution is -0.141. The maximum Gasteiger partial charge on any atom is 0.435 e. The second kappa shape index (κ2) is 4.84. The molecule has 0 unspecified atom stereocenters. The predicted molar refractivity (Wildman–Crippen MR) is 59.0 cm³/mol. The fraction of sp³-hybridized carbons (Fsp3) is 0.636. The maximum absolute atomic E-state index is 12.3. The quantitative estimate of drug-likeness (QED) is 0.860. The van der Waals surface area contributed by atoms with Gasteiger partial charge in [-0.05, 0) is 25.3 Å². The number of aliphatic hydroxyl groups is 1. The van der Waals surface area contributed by atoms with Crippen molar-refractivity contribution in [1.29, 1.82) is 0 Å². The number of amides is 1. The summed E-state index contributed by atoms with van der Waals surface area (Å²) >= 11 is 0. The molecule has 1 aliphatic rings. The number of alkyl halides is 3. The summed E-state index contributed by atoms with van der Waals surface area (Å²) in [7, 11) is 0. The van der Waals surface area contributed by atoms with Crippen LogP contribution in [0, 0.1) is 0 Å². The smallest absolute Gasteiger partial charge is 0.388 e. The Morgan fingerprint density at radius 3 is 2.68 bits per heavy atom. The summed E-state index contributed by atoms with van der Waals surface area (Å²) in [6, 6.07) is 0.812. The highest BCUT2D eigenvalue weighted by Gasteiger charge is 2.35. The Morgan fingerprint density at radius 2 is 2.21 bits per heavy atom. The third kappa shape index (κ3) is 3.46. The van der Waals surface area contributed by atoms with Crippen LogP contribution in [0.3, 0.4) is 0 Å². The Kier molecular flexibility index (Phi) is 3.53. The van der Waals surface area contributed by atoms with Crippen LogP contribution in [0.4, 0.5) is 13.2 Å². The van der Waals surface area contributed by atoms with Crippen molar-refractivity contribution >= 4 is 5.91 Å². The van der Waals surface area contributed by atoms with Gasteiger partial charge in [-0.1, -0.05) is 0 Å². The molecule has 2 N–H and O–H groups in total. The molecule has 0 aliphatic heterocycles. The van der Waals surface area contributed by atoms with E-state index in [9.17, 15) is 23.1 Å². The Hall–Kier alpha value is -1.57. The third-order valence-electron chi connectivity index (χ3n) is 3.14. The van der Waals surface area contributed by atoms with E-state index in [1.54, 1.807) is 0 Å². The molecule has 1 aromatic rings. The van der Waals surface area contributed by atoms with E-state index in [1.807, 2.05) is 0 Å². The van der Waals surface area contributed by atoms with E-state index in [-0.39, 0.29) is 13.1 Å². The van der Waals surface area contributed by atoms with Crippen LogP contribution in [0.15, 0.2) is 12.3 Å². The molecule has 2 rings (SSSR count). The second-order valence-corrected chi connectivity index (χ2v) is 4.75. The van der Waals surface area contributed by atoms with E-state index in [1.165, 1.54) is 0 Å². The van der Waals surface area contributed by atoms with Crippen LogP contribution < -0.4 is 5.32 Å². The number of carbonyl (C=O) groups is 1. The monoisotopic (exact) mass is 277 g/mol. The van der Waals surface area contributed by atoms with Crippen LogP contribution in [-0.2, 0) is 17.5 Å². The molecular weight excluding hydrogens is 263 g/mol. The van der Waals surface area contributed by atoms with Crippen molar-refractivity contribution in [2.45, 2.75) is 37.6 Å². The van der Waals surface area contributed by atoms with E-state index < -0.39 is 23.4 Å². The van der Waals surface area contributed by atoms with Crippen molar-refractivity contribution in [2.24, 2.45) is 0 Å². The zero-order valence-electron chi connectivity index (χ0n) is 10.1. The molecule has 0 aromatic carbocycles. The molecule has 106 valence electrons. The molecule has 1 fully saturated rings.